The van der Waals surface area contributed by atoms with Crippen LogP contribution in [0.25, 0.3) is 0 Å². The second-order valence-corrected chi connectivity index (χ2v) is 6.09. The molecule has 25 heavy (non-hydrogen) atoms. The van der Waals surface area contributed by atoms with Crippen molar-refractivity contribution in [1.29, 1.82) is 0 Å². The summed E-state index contributed by atoms with van der Waals surface area (Å²) in [6, 6.07) is 15.3. The lowest BCUT2D eigenvalue weighted by Gasteiger charge is -2.28. The summed E-state index contributed by atoms with van der Waals surface area (Å²) < 4.78 is 10.7. The summed E-state index contributed by atoms with van der Waals surface area (Å²) >= 11 is 0. The SMILES string of the molecule is C=C(C)CC(C#Cc1ccccc1)(CO)c1cc(OC)cc(OC)c1. The zero-order valence-corrected chi connectivity index (χ0v) is 15.0. The second-order valence-electron chi connectivity index (χ2n) is 6.09. The van der Waals surface area contributed by atoms with Crippen LogP contribution in [0.1, 0.15) is 24.5 Å². The average molecular weight is 336 g/mol. The molecule has 2 rings (SSSR count). The molecule has 1 atom stereocenters. The zero-order valence-electron chi connectivity index (χ0n) is 15.0. The lowest BCUT2D eigenvalue weighted by molar-refractivity contribution is 0.229. The highest BCUT2D eigenvalue weighted by Gasteiger charge is 2.31. The van der Waals surface area contributed by atoms with Gasteiger partial charge >= 0.3 is 0 Å². The number of ether oxygens (including phenoxy) is 2. The van der Waals surface area contributed by atoms with Crippen LogP contribution in [-0.2, 0) is 5.41 Å². The van der Waals surface area contributed by atoms with Crippen LogP contribution in [0, 0.1) is 11.8 Å². The van der Waals surface area contributed by atoms with Gasteiger partial charge in [-0.15, -0.1) is 6.58 Å². The Balaban J connectivity index is 2.59. The molecule has 130 valence electrons. The Morgan fingerprint density at radius 2 is 1.68 bits per heavy atom. The molecule has 3 nitrogen and oxygen atoms in total. The first-order valence-electron chi connectivity index (χ1n) is 8.10. The smallest absolute Gasteiger partial charge is 0.122 e. The van der Waals surface area contributed by atoms with Gasteiger partial charge in [0.25, 0.3) is 0 Å². The first-order chi connectivity index (χ1) is 12.0. The van der Waals surface area contributed by atoms with Crippen molar-refractivity contribution in [3.05, 3.63) is 71.8 Å². The first kappa shape index (κ1) is 18.6. The molecule has 2 aromatic carbocycles. The monoisotopic (exact) mass is 336 g/mol. The molecule has 0 aliphatic rings. The minimum atomic E-state index is -0.774. The molecule has 0 heterocycles. The Morgan fingerprint density at radius 3 is 2.16 bits per heavy atom. The minimum Gasteiger partial charge on any atom is -0.497 e. The van der Waals surface area contributed by atoms with Crippen LogP contribution >= 0.6 is 0 Å². The fraction of sp³-hybridized carbons (Fsp3) is 0.273. The third-order valence-corrected chi connectivity index (χ3v) is 4.00. The molecule has 3 heteroatoms. The Morgan fingerprint density at radius 1 is 1.08 bits per heavy atom. The lowest BCUT2D eigenvalue weighted by atomic mass is 9.76. The molecule has 0 radical (unpaired) electrons. The third kappa shape index (κ3) is 4.65. The van der Waals surface area contributed by atoms with E-state index in [1.165, 1.54) is 0 Å². The van der Waals surface area contributed by atoms with Crippen molar-refractivity contribution >= 4 is 0 Å². The summed E-state index contributed by atoms with van der Waals surface area (Å²) in [5, 5.41) is 10.3. The molecule has 2 aromatic rings. The Labute approximate surface area is 149 Å². The molecule has 0 aromatic heterocycles. The van der Waals surface area contributed by atoms with Crippen molar-refractivity contribution in [3.63, 3.8) is 0 Å². The highest BCUT2D eigenvalue weighted by atomic mass is 16.5. The number of hydrogen-bond acceptors (Lipinski definition) is 3. The van der Waals surface area contributed by atoms with Gasteiger partial charge in [-0.05, 0) is 43.2 Å². The number of allylic oxidation sites excluding steroid dienone is 1. The maximum absolute atomic E-state index is 10.3. The summed E-state index contributed by atoms with van der Waals surface area (Å²) in [6.07, 6.45) is 0.541. The average Bonchev–Trinajstić information content (AvgIpc) is 2.65. The van der Waals surface area contributed by atoms with Crippen molar-refractivity contribution in [2.75, 3.05) is 20.8 Å². The number of aliphatic hydroxyl groups excluding tert-OH is 1. The molecule has 0 saturated heterocycles. The molecule has 1 unspecified atom stereocenters. The topological polar surface area (TPSA) is 38.7 Å². The Hall–Kier alpha value is -2.70. The quantitative estimate of drug-likeness (QED) is 0.641. The molecule has 1 N–H and O–H groups in total. The van der Waals surface area contributed by atoms with Gasteiger partial charge in [-0.3, -0.25) is 0 Å². The largest absolute Gasteiger partial charge is 0.497 e. The first-order valence-corrected chi connectivity index (χ1v) is 8.10. The summed E-state index contributed by atoms with van der Waals surface area (Å²) in [4.78, 5) is 0. The predicted octanol–water partition coefficient (Wildman–Crippen LogP) is 3.95. The van der Waals surface area contributed by atoms with Crippen molar-refractivity contribution in [2.24, 2.45) is 0 Å². The molecular formula is C22H24O3. The van der Waals surface area contributed by atoms with E-state index >= 15 is 0 Å². The number of rotatable bonds is 6. The van der Waals surface area contributed by atoms with Crippen LogP contribution in [-0.4, -0.2) is 25.9 Å². The van der Waals surface area contributed by atoms with E-state index in [1.807, 2.05) is 49.4 Å². The summed E-state index contributed by atoms with van der Waals surface area (Å²) in [7, 11) is 3.21. The van der Waals surface area contributed by atoms with E-state index in [1.54, 1.807) is 20.3 Å². The van der Waals surface area contributed by atoms with Gasteiger partial charge in [0.15, 0.2) is 0 Å². The summed E-state index contributed by atoms with van der Waals surface area (Å²) in [5.41, 5.74) is 1.91. The third-order valence-electron chi connectivity index (χ3n) is 4.00. The van der Waals surface area contributed by atoms with Gasteiger partial charge < -0.3 is 14.6 Å². The van der Waals surface area contributed by atoms with Gasteiger partial charge in [0.05, 0.1) is 26.2 Å². The van der Waals surface area contributed by atoms with Crippen LogP contribution in [0.2, 0.25) is 0 Å². The summed E-state index contributed by atoms with van der Waals surface area (Å²) in [5.74, 6) is 7.78. The predicted molar refractivity (Wildman–Crippen MR) is 101 cm³/mol. The van der Waals surface area contributed by atoms with Crippen molar-refractivity contribution in [3.8, 4) is 23.3 Å². The van der Waals surface area contributed by atoms with E-state index in [2.05, 4.69) is 18.4 Å². The molecule has 0 spiro atoms. The van der Waals surface area contributed by atoms with Gasteiger partial charge in [-0.25, -0.2) is 0 Å². The molecule has 0 aliphatic heterocycles. The van der Waals surface area contributed by atoms with Crippen LogP contribution in [0.3, 0.4) is 0 Å². The maximum Gasteiger partial charge on any atom is 0.122 e. The number of methoxy groups -OCH3 is 2. The lowest BCUT2D eigenvalue weighted by Crippen LogP contribution is -2.29. The van der Waals surface area contributed by atoms with Gasteiger partial charge in [0.2, 0.25) is 0 Å². The zero-order chi connectivity index (χ0) is 18.3. The summed E-state index contributed by atoms with van der Waals surface area (Å²) in [6.45, 7) is 5.82. The van der Waals surface area contributed by atoms with Gasteiger partial charge in [-0.2, -0.15) is 0 Å². The fourth-order valence-corrected chi connectivity index (χ4v) is 2.72. The second kappa shape index (κ2) is 8.41. The van der Waals surface area contributed by atoms with Gasteiger partial charge in [-0.1, -0.05) is 35.6 Å². The molecule has 0 amide bonds. The van der Waals surface area contributed by atoms with E-state index in [9.17, 15) is 5.11 Å². The van der Waals surface area contributed by atoms with Gasteiger partial charge in [0.1, 0.15) is 11.5 Å². The number of hydrogen-bond donors (Lipinski definition) is 1. The molecule has 0 aliphatic carbocycles. The van der Waals surface area contributed by atoms with E-state index in [0.717, 1.165) is 16.7 Å². The van der Waals surface area contributed by atoms with E-state index in [-0.39, 0.29) is 6.61 Å². The number of benzene rings is 2. The molecule has 0 saturated carbocycles. The van der Waals surface area contributed by atoms with Gasteiger partial charge in [0, 0.05) is 11.6 Å². The Kier molecular flexibility index (Phi) is 6.27. The Bertz CT molecular complexity index is 762. The van der Waals surface area contributed by atoms with E-state index in [4.69, 9.17) is 9.47 Å². The van der Waals surface area contributed by atoms with E-state index in [0.29, 0.717) is 17.9 Å². The molecular weight excluding hydrogens is 312 g/mol. The highest BCUT2D eigenvalue weighted by Crippen LogP contribution is 2.35. The number of aliphatic hydroxyl groups is 1. The molecule has 0 fully saturated rings. The molecule has 0 bridgehead atoms. The normalized spacial score (nSPS) is 12.5. The van der Waals surface area contributed by atoms with E-state index < -0.39 is 5.41 Å². The maximum atomic E-state index is 10.3. The van der Waals surface area contributed by atoms with Crippen molar-refractivity contribution < 1.29 is 14.6 Å². The highest BCUT2D eigenvalue weighted by molar-refractivity contribution is 5.48. The van der Waals surface area contributed by atoms with Crippen LogP contribution in [0.5, 0.6) is 11.5 Å². The van der Waals surface area contributed by atoms with Crippen LogP contribution in [0.15, 0.2) is 60.7 Å². The van der Waals surface area contributed by atoms with Crippen LogP contribution in [0.4, 0.5) is 0 Å². The minimum absolute atomic E-state index is 0.129. The van der Waals surface area contributed by atoms with Crippen molar-refractivity contribution in [1.82, 2.24) is 0 Å². The van der Waals surface area contributed by atoms with Crippen LogP contribution < -0.4 is 9.47 Å². The fourth-order valence-electron chi connectivity index (χ4n) is 2.72. The van der Waals surface area contributed by atoms with Crippen molar-refractivity contribution in [2.45, 2.75) is 18.8 Å². The standard InChI is InChI=1S/C22H24O3/c1-17(2)15-22(16-23,11-10-18-8-6-5-7-9-18)19-12-20(24-3)14-21(13-19)25-4/h5-9,12-14,23H,1,15-16H2,2-4H3.